The zero-order valence-corrected chi connectivity index (χ0v) is 11.2. The van der Waals surface area contributed by atoms with Gasteiger partial charge in [-0.1, -0.05) is 15.9 Å². The normalized spacial score (nSPS) is 9.47. The van der Waals surface area contributed by atoms with Gasteiger partial charge in [-0.05, 0) is 24.6 Å². The summed E-state index contributed by atoms with van der Waals surface area (Å²) < 4.78 is 0.887. The molecule has 0 unspecified atom stereocenters. The molecule has 0 heterocycles. The second-order valence-electron chi connectivity index (χ2n) is 3.57. The van der Waals surface area contributed by atoms with Crippen molar-refractivity contribution < 1.29 is 4.79 Å². The van der Waals surface area contributed by atoms with Crippen LogP contribution < -0.4 is 10.6 Å². The number of hydrogen-bond acceptors (Lipinski definition) is 3. The summed E-state index contributed by atoms with van der Waals surface area (Å²) >= 11 is 3.32. The standard InChI is InChI=1S/C12H14BrN3O/c1-9(17)15-5-2-6-16-12-4-3-11(13)7-10(12)8-14/h3-4,7,16H,2,5-6H2,1H3,(H,15,17). The summed E-state index contributed by atoms with van der Waals surface area (Å²) in [5.41, 5.74) is 1.43. The molecule has 4 nitrogen and oxygen atoms in total. The topological polar surface area (TPSA) is 64.9 Å². The van der Waals surface area contributed by atoms with Crippen LogP contribution in [-0.2, 0) is 4.79 Å². The fourth-order valence-corrected chi connectivity index (χ4v) is 1.70. The van der Waals surface area contributed by atoms with Crippen molar-refractivity contribution >= 4 is 27.5 Å². The summed E-state index contributed by atoms with van der Waals surface area (Å²) in [7, 11) is 0. The lowest BCUT2D eigenvalue weighted by atomic mass is 10.2. The Bertz CT molecular complexity index is 440. The van der Waals surface area contributed by atoms with Gasteiger partial charge in [-0.3, -0.25) is 4.79 Å². The Morgan fingerprint density at radius 3 is 2.88 bits per heavy atom. The van der Waals surface area contributed by atoms with Crippen LogP contribution in [-0.4, -0.2) is 19.0 Å². The molecule has 1 aromatic carbocycles. The minimum atomic E-state index is -0.0219. The molecule has 0 aliphatic carbocycles. The van der Waals surface area contributed by atoms with Gasteiger partial charge in [0.05, 0.1) is 11.3 Å². The van der Waals surface area contributed by atoms with E-state index in [1.807, 2.05) is 12.1 Å². The Balaban J connectivity index is 2.42. The Kier molecular flexibility index (Phi) is 5.50. The lowest BCUT2D eigenvalue weighted by molar-refractivity contribution is -0.118. The number of halogens is 1. The van der Waals surface area contributed by atoms with Crippen molar-refractivity contribution in [3.8, 4) is 6.07 Å². The molecular weight excluding hydrogens is 282 g/mol. The number of nitrogens with one attached hydrogen (secondary N) is 2. The van der Waals surface area contributed by atoms with Crippen LogP contribution in [0.1, 0.15) is 18.9 Å². The van der Waals surface area contributed by atoms with Crippen LogP contribution in [0.5, 0.6) is 0 Å². The molecule has 90 valence electrons. The highest BCUT2D eigenvalue weighted by Crippen LogP contribution is 2.19. The van der Waals surface area contributed by atoms with Gasteiger partial charge < -0.3 is 10.6 Å². The van der Waals surface area contributed by atoms with E-state index in [1.54, 1.807) is 6.07 Å². The Labute approximate surface area is 109 Å². The SMILES string of the molecule is CC(=O)NCCCNc1ccc(Br)cc1C#N. The highest BCUT2D eigenvalue weighted by atomic mass is 79.9. The van der Waals surface area contributed by atoms with Crippen molar-refractivity contribution in [2.24, 2.45) is 0 Å². The van der Waals surface area contributed by atoms with Crippen molar-refractivity contribution in [2.45, 2.75) is 13.3 Å². The summed E-state index contributed by atoms with van der Waals surface area (Å²) in [6, 6.07) is 7.66. The maximum absolute atomic E-state index is 10.6. The molecule has 0 atom stereocenters. The third-order valence-corrected chi connectivity index (χ3v) is 2.64. The Morgan fingerprint density at radius 2 is 2.24 bits per heavy atom. The highest BCUT2D eigenvalue weighted by Gasteiger charge is 2.01. The van der Waals surface area contributed by atoms with Crippen molar-refractivity contribution in [1.82, 2.24) is 5.32 Å². The highest BCUT2D eigenvalue weighted by molar-refractivity contribution is 9.10. The molecule has 0 radical (unpaired) electrons. The average molecular weight is 296 g/mol. The minimum Gasteiger partial charge on any atom is -0.384 e. The van der Waals surface area contributed by atoms with E-state index in [0.29, 0.717) is 12.1 Å². The number of nitrogens with zero attached hydrogens (tertiary/aromatic N) is 1. The first-order valence-electron chi connectivity index (χ1n) is 5.31. The quantitative estimate of drug-likeness (QED) is 0.819. The molecule has 0 saturated heterocycles. The molecule has 0 bridgehead atoms. The Morgan fingerprint density at radius 1 is 1.47 bits per heavy atom. The second kappa shape index (κ2) is 6.92. The number of carbonyl (C=O) groups excluding carboxylic acids is 1. The predicted molar refractivity (Wildman–Crippen MR) is 70.6 cm³/mol. The van der Waals surface area contributed by atoms with Gasteiger partial charge in [0.15, 0.2) is 0 Å². The molecule has 0 fully saturated rings. The molecule has 2 N–H and O–H groups in total. The van der Waals surface area contributed by atoms with Crippen molar-refractivity contribution in [1.29, 1.82) is 5.26 Å². The largest absolute Gasteiger partial charge is 0.384 e. The van der Waals surface area contributed by atoms with E-state index in [2.05, 4.69) is 32.6 Å². The van der Waals surface area contributed by atoms with E-state index in [9.17, 15) is 4.79 Å². The van der Waals surface area contributed by atoms with E-state index < -0.39 is 0 Å². The molecule has 17 heavy (non-hydrogen) atoms. The summed E-state index contributed by atoms with van der Waals surface area (Å²) in [6.07, 6.45) is 0.820. The minimum absolute atomic E-state index is 0.0219. The van der Waals surface area contributed by atoms with E-state index >= 15 is 0 Å². The smallest absolute Gasteiger partial charge is 0.216 e. The van der Waals surface area contributed by atoms with E-state index in [1.165, 1.54) is 6.92 Å². The molecule has 1 rings (SSSR count). The molecule has 0 aliphatic rings. The number of hydrogen-bond donors (Lipinski definition) is 2. The monoisotopic (exact) mass is 295 g/mol. The molecule has 0 aliphatic heterocycles. The Hall–Kier alpha value is -1.54. The fraction of sp³-hybridized carbons (Fsp3) is 0.333. The summed E-state index contributed by atoms with van der Waals surface area (Å²) in [5.74, 6) is -0.0219. The molecule has 0 spiro atoms. The zero-order chi connectivity index (χ0) is 12.7. The van der Waals surface area contributed by atoms with Gasteiger partial charge in [0.25, 0.3) is 0 Å². The third kappa shape index (κ3) is 4.87. The number of amides is 1. The van der Waals surface area contributed by atoms with E-state index in [0.717, 1.165) is 23.1 Å². The molecular formula is C12H14BrN3O. The zero-order valence-electron chi connectivity index (χ0n) is 9.59. The number of benzene rings is 1. The van der Waals surface area contributed by atoms with Crippen LogP contribution in [0.4, 0.5) is 5.69 Å². The first-order valence-corrected chi connectivity index (χ1v) is 6.10. The maximum atomic E-state index is 10.6. The molecule has 5 heteroatoms. The predicted octanol–water partition coefficient (Wildman–Crippen LogP) is 2.26. The molecule has 0 aromatic heterocycles. The van der Waals surface area contributed by atoms with Crippen LogP contribution in [0, 0.1) is 11.3 Å². The molecule has 1 aromatic rings. The summed E-state index contributed by atoms with van der Waals surface area (Å²) in [5, 5.41) is 14.8. The number of anilines is 1. The van der Waals surface area contributed by atoms with Gasteiger partial charge in [0.1, 0.15) is 6.07 Å². The summed E-state index contributed by atoms with van der Waals surface area (Å²) in [6.45, 7) is 2.85. The first kappa shape index (κ1) is 13.5. The lowest BCUT2D eigenvalue weighted by Crippen LogP contribution is -2.22. The van der Waals surface area contributed by atoms with Gasteiger partial charge in [-0.15, -0.1) is 0 Å². The first-order chi connectivity index (χ1) is 8.13. The van der Waals surface area contributed by atoms with Gasteiger partial charge in [0, 0.05) is 24.5 Å². The van der Waals surface area contributed by atoms with Gasteiger partial charge in [-0.25, -0.2) is 0 Å². The molecule has 1 amide bonds. The summed E-state index contributed by atoms with van der Waals surface area (Å²) in [4.78, 5) is 10.6. The van der Waals surface area contributed by atoms with Crippen LogP contribution >= 0.6 is 15.9 Å². The van der Waals surface area contributed by atoms with Crippen LogP contribution in [0.15, 0.2) is 22.7 Å². The van der Waals surface area contributed by atoms with Gasteiger partial charge in [0.2, 0.25) is 5.91 Å². The van der Waals surface area contributed by atoms with E-state index in [4.69, 9.17) is 5.26 Å². The second-order valence-corrected chi connectivity index (χ2v) is 4.48. The number of rotatable bonds is 5. The third-order valence-electron chi connectivity index (χ3n) is 2.15. The van der Waals surface area contributed by atoms with Crippen LogP contribution in [0.25, 0.3) is 0 Å². The number of carbonyl (C=O) groups is 1. The average Bonchev–Trinajstić information content (AvgIpc) is 2.29. The number of nitriles is 1. The lowest BCUT2D eigenvalue weighted by Gasteiger charge is -2.08. The maximum Gasteiger partial charge on any atom is 0.216 e. The van der Waals surface area contributed by atoms with Gasteiger partial charge >= 0.3 is 0 Å². The van der Waals surface area contributed by atoms with Gasteiger partial charge in [-0.2, -0.15) is 5.26 Å². The molecule has 0 saturated carbocycles. The van der Waals surface area contributed by atoms with Crippen molar-refractivity contribution in [3.63, 3.8) is 0 Å². The van der Waals surface area contributed by atoms with E-state index in [-0.39, 0.29) is 5.91 Å². The van der Waals surface area contributed by atoms with Crippen molar-refractivity contribution in [3.05, 3.63) is 28.2 Å². The fourth-order valence-electron chi connectivity index (χ4n) is 1.34. The van der Waals surface area contributed by atoms with Crippen molar-refractivity contribution in [2.75, 3.05) is 18.4 Å². The van der Waals surface area contributed by atoms with Crippen LogP contribution in [0.3, 0.4) is 0 Å². The van der Waals surface area contributed by atoms with Crippen LogP contribution in [0.2, 0.25) is 0 Å².